The topological polar surface area (TPSA) is 94.6 Å². The van der Waals surface area contributed by atoms with E-state index < -0.39 is 16.0 Å². The highest BCUT2D eigenvalue weighted by molar-refractivity contribution is 7.89. The van der Waals surface area contributed by atoms with Crippen LogP contribution in [0.2, 0.25) is 0 Å². The monoisotopic (exact) mass is 445 g/mol. The van der Waals surface area contributed by atoms with Crippen LogP contribution in [0, 0.1) is 13.8 Å². The van der Waals surface area contributed by atoms with Crippen LogP contribution >= 0.6 is 0 Å². The minimum absolute atomic E-state index is 0.0147. The molecule has 1 fully saturated rings. The summed E-state index contributed by atoms with van der Waals surface area (Å²) in [6.07, 6.45) is 2.83. The third-order valence-electron chi connectivity index (χ3n) is 5.66. The number of carbonyl (C=O) groups excluding carboxylic acids is 1. The first kappa shape index (κ1) is 21.6. The number of hydrogen-bond acceptors (Lipinski definition) is 6. The molecule has 0 bridgehead atoms. The standard InChI is InChI=1S/C22H27N3O5S/c1-4-25-20-9-8-17(31(27,28)24-10-6-5-7-11-24)13-19(20)23-21(25)14-29-22(26)18-12-15(2)30-16(18)3/h8-9,12-13H,4-7,10-11,14H2,1-3H3. The normalized spacial score (nSPS) is 15.5. The van der Waals surface area contributed by atoms with Crippen molar-refractivity contribution in [1.82, 2.24) is 13.9 Å². The second kappa shape index (κ2) is 8.47. The molecule has 2 aromatic heterocycles. The summed E-state index contributed by atoms with van der Waals surface area (Å²) in [5.41, 5.74) is 1.77. The van der Waals surface area contributed by atoms with Gasteiger partial charge in [-0.25, -0.2) is 18.2 Å². The smallest absolute Gasteiger partial charge is 0.342 e. The predicted molar refractivity (Wildman–Crippen MR) is 115 cm³/mol. The summed E-state index contributed by atoms with van der Waals surface area (Å²) in [7, 11) is -3.54. The Kier molecular flexibility index (Phi) is 5.90. The van der Waals surface area contributed by atoms with Crippen molar-refractivity contribution in [3.8, 4) is 0 Å². The quantitative estimate of drug-likeness (QED) is 0.536. The SMILES string of the molecule is CCn1c(COC(=O)c2cc(C)oc2C)nc2cc(S(=O)(=O)N3CCCCC3)ccc21. The number of furan rings is 1. The Balaban J connectivity index is 1.60. The molecular weight excluding hydrogens is 418 g/mol. The van der Waals surface area contributed by atoms with Gasteiger partial charge in [-0.05, 0) is 57.9 Å². The number of fused-ring (bicyclic) bond motifs is 1. The summed E-state index contributed by atoms with van der Waals surface area (Å²) in [5.74, 6) is 1.25. The van der Waals surface area contributed by atoms with Gasteiger partial charge in [-0.2, -0.15) is 4.31 Å². The Bertz CT molecular complexity index is 1220. The molecule has 0 atom stereocenters. The average molecular weight is 446 g/mol. The minimum Gasteiger partial charge on any atom is -0.466 e. The van der Waals surface area contributed by atoms with E-state index >= 15 is 0 Å². The van der Waals surface area contributed by atoms with Crippen molar-refractivity contribution in [2.24, 2.45) is 0 Å². The van der Waals surface area contributed by atoms with Gasteiger partial charge in [-0.3, -0.25) is 0 Å². The lowest BCUT2D eigenvalue weighted by molar-refractivity contribution is 0.0456. The highest BCUT2D eigenvalue weighted by atomic mass is 32.2. The Labute approximate surface area is 181 Å². The van der Waals surface area contributed by atoms with E-state index in [1.807, 2.05) is 11.5 Å². The Morgan fingerprint density at radius 2 is 1.90 bits per heavy atom. The molecule has 0 saturated carbocycles. The van der Waals surface area contributed by atoms with Gasteiger partial charge in [-0.1, -0.05) is 6.42 Å². The van der Waals surface area contributed by atoms with Crippen molar-refractivity contribution >= 4 is 27.0 Å². The first-order valence-corrected chi connectivity index (χ1v) is 12.0. The molecule has 1 aliphatic heterocycles. The molecule has 0 amide bonds. The van der Waals surface area contributed by atoms with Gasteiger partial charge in [0, 0.05) is 19.6 Å². The molecular formula is C22H27N3O5S. The highest BCUT2D eigenvalue weighted by Gasteiger charge is 2.27. The van der Waals surface area contributed by atoms with Crippen LogP contribution < -0.4 is 0 Å². The van der Waals surface area contributed by atoms with E-state index in [1.54, 1.807) is 42.4 Å². The van der Waals surface area contributed by atoms with Crippen LogP contribution in [0.25, 0.3) is 11.0 Å². The van der Waals surface area contributed by atoms with Crippen LogP contribution in [-0.2, 0) is 27.9 Å². The lowest BCUT2D eigenvalue weighted by atomic mass is 10.2. The number of aryl methyl sites for hydroxylation is 3. The van der Waals surface area contributed by atoms with Gasteiger partial charge in [0.2, 0.25) is 10.0 Å². The zero-order valence-electron chi connectivity index (χ0n) is 18.1. The first-order chi connectivity index (χ1) is 14.8. The zero-order valence-corrected chi connectivity index (χ0v) is 18.9. The van der Waals surface area contributed by atoms with E-state index in [0.29, 0.717) is 48.1 Å². The fourth-order valence-corrected chi connectivity index (χ4v) is 5.62. The fraction of sp³-hybridized carbons (Fsp3) is 0.455. The molecule has 166 valence electrons. The maximum atomic E-state index is 13.0. The molecule has 9 heteroatoms. The zero-order chi connectivity index (χ0) is 22.2. The van der Waals surface area contributed by atoms with Crippen molar-refractivity contribution in [1.29, 1.82) is 0 Å². The molecule has 0 unspecified atom stereocenters. The molecule has 1 aliphatic rings. The molecule has 1 saturated heterocycles. The van der Waals surface area contributed by atoms with Gasteiger partial charge in [0.25, 0.3) is 0 Å². The molecule has 0 radical (unpaired) electrons. The number of rotatable bonds is 6. The summed E-state index contributed by atoms with van der Waals surface area (Å²) in [5, 5.41) is 0. The van der Waals surface area contributed by atoms with Gasteiger partial charge in [0.1, 0.15) is 29.5 Å². The van der Waals surface area contributed by atoms with Crippen molar-refractivity contribution in [2.45, 2.75) is 58.1 Å². The summed E-state index contributed by atoms with van der Waals surface area (Å²) in [6.45, 7) is 7.17. The van der Waals surface area contributed by atoms with E-state index in [-0.39, 0.29) is 11.5 Å². The van der Waals surface area contributed by atoms with Crippen molar-refractivity contribution in [2.75, 3.05) is 13.1 Å². The summed E-state index contributed by atoms with van der Waals surface area (Å²) in [6, 6.07) is 6.67. The number of sulfonamides is 1. The molecule has 31 heavy (non-hydrogen) atoms. The number of carbonyl (C=O) groups is 1. The molecule has 4 rings (SSSR count). The molecule has 1 aromatic carbocycles. The third-order valence-corrected chi connectivity index (χ3v) is 7.56. The number of piperidine rings is 1. The number of ether oxygens (including phenoxy) is 1. The Morgan fingerprint density at radius 1 is 1.16 bits per heavy atom. The molecule has 0 N–H and O–H groups in total. The van der Waals surface area contributed by atoms with E-state index in [0.717, 1.165) is 24.8 Å². The molecule has 8 nitrogen and oxygen atoms in total. The van der Waals surface area contributed by atoms with Crippen molar-refractivity contribution in [3.63, 3.8) is 0 Å². The lowest BCUT2D eigenvalue weighted by Gasteiger charge is -2.25. The second-order valence-corrected chi connectivity index (χ2v) is 9.73. The van der Waals surface area contributed by atoms with Gasteiger partial charge in [-0.15, -0.1) is 0 Å². The second-order valence-electron chi connectivity index (χ2n) is 7.79. The highest BCUT2D eigenvalue weighted by Crippen LogP contribution is 2.25. The van der Waals surface area contributed by atoms with E-state index in [4.69, 9.17) is 9.15 Å². The van der Waals surface area contributed by atoms with Crippen LogP contribution in [-0.4, -0.2) is 41.3 Å². The van der Waals surface area contributed by atoms with Gasteiger partial charge in [0.15, 0.2) is 0 Å². The number of benzene rings is 1. The molecule has 0 spiro atoms. The van der Waals surface area contributed by atoms with E-state index in [2.05, 4.69) is 4.98 Å². The van der Waals surface area contributed by atoms with E-state index in [1.165, 1.54) is 0 Å². The number of esters is 1. The van der Waals surface area contributed by atoms with Crippen LogP contribution in [0.3, 0.4) is 0 Å². The third kappa shape index (κ3) is 4.12. The lowest BCUT2D eigenvalue weighted by Crippen LogP contribution is -2.35. The van der Waals surface area contributed by atoms with Crippen LogP contribution in [0.5, 0.6) is 0 Å². The van der Waals surface area contributed by atoms with E-state index in [9.17, 15) is 13.2 Å². The van der Waals surface area contributed by atoms with Crippen molar-refractivity contribution < 1.29 is 22.4 Å². The van der Waals surface area contributed by atoms with Crippen LogP contribution in [0.15, 0.2) is 33.6 Å². The van der Waals surface area contributed by atoms with Gasteiger partial charge < -0.3 is 13.7 Å². The fourth-order valence-electron chi connectivity index (χ4n) is 4.08. The molecule has 0 aliphatic carbocycles. The van der Waals surface area contributed by atoms with Gasteiger partial charge >= 0.3 is 5.97 Å². The molecule has 3 aromatic rings. The largest absolute Gasteiger partial charge is 0.466 e. The Hall–Kier alpha value is -2.65. The first-order valence-electron chi connectivity index (χ1n) is 10.5. The maximum Gasteiger partial charge on any atom is 0.342 e. The Morgan fingerprint density at radius 3 is 2.55 bits per heavy atom. The number of imidazole rings is 1. The number of nitrogens with zero attached hydrogens (tertiary/aromatic N) is 3. The van der Waals surface area contributed by atoms with Crippen molar-refractivity contribution in [3.05, 3.63) is 47.2 Å². The van der Waals surface area contributed by atoms with Crippen LogP contribution in [0.4, 0.5) is 0 Å². The van der Waals surface area contributed by atoms with Crippen LogP contribution in [0.1, 0.15) is 53.9 Å². The van der Waals surface area contributed by atoms with Gasteiger partial charge in [0.05, 0.1) is 15.9 Å². The summed E-state index contributed by atoms with van der Waals surface area (Å²) < 4.78 is 40.4. The predicted octanol–water partition coefficient (Wildman–Crippen LogP) is 3.80. The number of hydrogen-bond donors (Lipinski definition) is 0. The average Bonchev–Trinajstić information content (AvgIpc) is 3.30. The number of aromatic nitrogens is 2. The summed E-state index contributed by atoms with van der Waals surface area (Å²) in [4.78, 5) is 17.2. The summed E-state index contributed by atoms with van der Waals surface area (Å²) >= 11 is 0. The molecule has 3 heterocycles. The maximum absolute atomic E-state index is 13.0. The minimum atomic E-state index is -3.54.